The second-order valence-electron chi connectivity index (χ2n) is 8.33. The summed E-state index contributed by atoms with van der Waals surface area (Å²) in [6, 6.07) is 22.7. The van der Waals surface area contributed by atoms with E-state index in [2.05, 4.69) is 24.8 Å². The van der Waals surface area contributed by atoms with Gasteiger partial charge in [0.15, 0.2) is 0 Å². The van der Waals surface area contributed by atoms with Crippen molar-refractivity contribution in [1.82, 2.24) is 0 Å². The Kier molecular flexibility index (Phi) is 7.80. The molecule has 1 aliphatic rings. The molecule has 0 saturated carbocycles. The zero-order valence-electron chi connectivity index (χ0n) is 19.8. The molecule has 6 heteroatoms. The van der Waals surface area contributed by atoms with E-state index in [1.54, 1.807) is 17.4 Å². The molecule has 176 valence electrons. The SMILES string of the molecule is CCCCN(CCCC)c1ccc(C=C2C(=O)N(c3ccccc3)N(c3ccccc3)C2=O)s1. The highest BCUT2D eigenvalue weighted by Crippen LogP contribution is 2.34. The maximum Gasteiger partial charge on any atom is 0.283 e. The molecule has 0 bridgehead atoms. The van der Waals surface area contributed by atoms with E-state index in [1.807, 2.05) is 66.7 Å². The van der Waals surface area contributed by atoms with Crippen molar-refractivity contribution in [1.29, 1.82) is 0 Å². The number of para-hydroxylation sites is 2. The Morgan fingerprint density at radius 1 is 0.735 bits per heavy atom. The van der Waals surface area contributed by atoms with Crippen LogP contribution in [0.4, 0.5) is 16.4 Å². The van der Waals surface area contributed by atoms with Gasteiger partial charge in [-0.2, -0.15) is 0 Å². The van der Waals surface area contributed by atoms with E-state index in [9.17, 15) is 9.59 Å². The molecule has 5 nitrogen and oxygen atoms in total. The molecule has 2 amide bonds. The molecule has 1 aromatic heterocycles. The lowest BCUT2D eigenvalue weighted by atomic mass is 10.2. The topological polar surface area (TPSA) is 43.9 Å². The predicted molar refractivity (Wildman–Crippen MR) is 142 cm³/mol. The van der Waals surface area contributed by atoms with Crippen LogP contribution in [-0.2, 0) is 9.59 Å². The van der Waals surface area contributed by atoms with Crippen molar-refractivity contribution >= 4 is 45.6 Å². The van der Waals surface area contributed by atoms with Crippen molar-refractivity contribution in [2.45, 2.75) is 39.5 Å². The number of hydrazine groups is 1. The van der Waals surface area contributed by atoms with Gasteiger partial charge in [-0.1, -0.05) is 63.1 Å². The second kappa shape index (κ2) is 11.2. The summed E-state index contributed by atoms with van der Waals surface area (Å²) in [6.45, 7) is 6.45. The molecule has 0 N–H and O–H groups in total. The number of anilines is 3. The van der Waals surface area contributed by atoms with Gasteiger partial charge in [0.2, 0.25) is 0 Å². The summed E-state index contributed by atoms with van der Waals surface area (Å²) >= 11 is 1.63. The minimum Gasteiger partial charge on any atom is -0.363 e. The van der Waals surface area contributed by atoms with Crippen LogP contribution >= 0.6 is 11.3 Å². The van der Waals surface area contributed by atoms with Gasteiger partial charge in [-0.25, -0.2) is 10.0 Å². The molecule has 0 radical (unpaired) electrons. The number of nitrogens with zero attached hydrogens (tertiary/aromatic N) is 3. The van der Waals surface area contributed by atoms with Crippen LogP contribution in [0.3, 0.4) is 0 Å². The number of unbranched alkanes of at least 4 members (excludes halogenated alkanes) is 2. The van der Waals surface area contributed by atoms with E-state index in [4.69, 9.17) is 0 Å². The lowest BCUT2D eigenvalue weighted by molar-refractivity contribution is -0.116. The van der Waals surface area contributed by atoms with Crippen molar-refractivity contribution in [3.05, 3.63) is 83.2 Å². The number of rotatable bonds is 10. The number of carbonyl (C=O) groups is 2. The molecule has 34 heavy (non-hydrogen) atoms. The zero-order chi connectivity index (χ0) is 23.9. The van der Waals surface area contributed by atoms with Crippen LogP contribution in [0.15, 0.2) is 78.4 Å². The van der Waals surface area contributed by atoms with Crippen LogP contribution in [-0.4, -0.2) is 24.9 Å². The van der Waals surface area contributed by atoms with Gasteiger partial charge in [0.25, 0.3) is 11.8 Å². The fourth-order valence-corrected chi connectivity index (χ4v) is 4.99. The van der Waals surface area contributed by atoms with Gasteiger partial charge in [0, 0.05) is 18.0 Å². The van der Waals surface area contributed by atoms with Crippen molar-refractivity contribution < 1.29 is 9.59 Å². The van der Waals surface area contributed by atoms with E-state index >= 15 is 0 Å². The van der Waals surface area contributed by atoms with Crippen LogP contribution in [0.1, 0.15) is 44.4 Å². The van der Waals surface area contributed by atoms with Gasteiger partial charge in [0.05, 0.1) is 16.4 Å². The van der Waals surface area contributed by atoms with Crippen LogP contribution < -0.4 is 14.9 Å². The maximum absolute atomic E-state index is 13.5. The average molecular weight is 474 g/mol. The predicted octanol–water partition coefficient (Wildman–Crippen LogP) is 6.53. The van der Waals surface area contributed by atoms with Crippen LogP contribution in [0, 0.1) is 0 Å². The Morgan fingerprint density at radius 2 is 1.24 bits per heavy atom. The second-order valence-corrected chi connectivity index (χ2v) is 9.43. The first-order valence-electron chi connectivity index (χ1n) is 12.0. The first-order chi connectivity index (χ1) is 16.6. The molecule has 1 fully saturated rings. The van der Waals surface area contributed by atoms with Gasteiger partial charge in [-0.3, -0.25) is 9.59 Å². The molecule has 0 atom stereocenters. The lowest BCUT2D eigenvalue weighted by Crippen LogP contribution is -2.41. The lowest BCUT2D eigenvalue weighted by Gasteiger charge is -2.27. The highest BCUT2D eigenvalue weighted by Gasteiger charge is 2.42. The molecule has 0 unspecified atom stereocenters. The van der Waals surface area contributed by atoms with E-state index in [1.165, 1.54) is 15.0 Å². The van der Waals surface area contributed by atoms with Crippen LogP contribution in [0.5, 0.6) is 0 Å². The molecule has 1 saturated heterocycles. The van der Waals surface area contributed by atoms with Crippen LogP contribution in [0.2, 0.25) is 0 Å². The Labute approximate surface area is 205 Å². The number of amides is 2. The summed E-state index contributed by atoms with van der Waals surface area (Å²) in [5.74, 6) is -0.632. The summed E-state index contributed by atoms with van der Waals surface area (Å²) in [5.41, 5.74) is 1.49. The summed E-state index contributed by atoms with van der Waals surface area (Å²) in [6.07, 6.45) is 6.34. The van der Waals surface area contributed by atoms with E-state index < -0.39 is 0 Å². The molecule has 2 heterocycles. The Hall–Kier alpha value is -3.38. The molecule has 0 aliphatic carbocycles. The van der Waals surface area contributed by atoms with E-state index in [0.29, 0.717) is 11.4 Å². The number of benzene rings is 2. The van der Waals surface area contributed by atoms with Crippen molar-refractivity contribution in [2.75, 3.05) is 28.0 Å². The fraction of sp³-hybridized carbons (Fsp3) is 0.286. The third-order valence-corrected chi connectivity index (χ3v) is 6.91. The molecule has 1 aliphatic heterocycles. The monoisotopic (exact) mass is 473 g/mol. The largest absolute Gasteiger partial charge is 0.363 e. The number of hydrogen-bond donors (Lipinski definition) is 0. The maximum atomic E-state index is 13.5. The average Bonchev–Trinajstić information content (AvgIpc) is 3.43. The smallest absolute Gasteiger partial charge is 0.283 e. The van der Waals surface area contributed by atoms with Crippen molar-refractivity contribution in [2.24, 2.45) is 0 Å². The van der Waals surface area contributed by atoms with Gasteiger partial charge >= 0.3 is 0 Å². The van der Waals surface area contributed by atoms with Gasteiger partial charge in [-0.05, 0) is 55.3 Å². The molecule has 2 aromatic carbocycles. The summed E-state index contributed by atoms with van der Waals surface area (Å²) < 4.78 is 0. The first-order valence-corrected chi connectivity index (χ1v) is 12.8. The third-order valence-electron chi connectivity index (χ3n) is 5.82. The highest BCUT2D eigenvalue weighted by molar-refractivity contribution is 7.17. The molecular formula is C28H31N3O2S. The number of thiophene rings is 1. The summed E-state index contributed by atoms with van der Waals surface area (Å²) in [7, 11) is 0. The highest BCUT2D eigenvalue weighted by atomic mass is 32.1. The minimum atomic E-state index is -0.316. The standard InChI is InChI=1S/C28H31N3O2S/c1-3-5-19-29(20-6-4-2)26-18-17-24(34-26)21-25-27(32)30(22-13-9-7-10-14-22)31(28(25)33)23-15-11-8-12-16-23/h7-18,21H,3-6,19-20H2,1-2H3. The van der Waals surface area contributed by atoms with Gasteiger partial charge < -0.3 is 4.90 Å². The van der Waals surface area contributed by atoms with E-state index in [-0.39, 0.29) is 17.4 Å². The Balaban J connectivity index is 1.67. The Morgan fingerprint density at radius 3 is 1.71 bits per heavy atom. The normalized spacial score (nSPS) is 13.6. The van der Waals surface area contributed by atoms with Crippen molar-refractivity contribution in [3.63, 3.8) is 0 Å². The van der Waals surface area contributed by atoms with Crippen LogP contribution in [0.25, 0.3) is 6.08 Å². The van der Waals surface area contributed by atoms with E-state index in [0.717, 1.165) is 43.6 Å². The molecule has 3 aromatic rings. The molecule has 0 spiro atoms. The summed E-state index contributed by atoms with van der Waals surface area (Å²) in [5, 5.41) is 4.12. The zero-order valence-corrected chi connectivity index (χ0v) is 20.6. The number of carbonyl (C=O) groups excluding carboxylic acids is 2. The quantitative estimate of drug-likeness (QED) is 0.248. The van der Waals surface area contributed by atoms with Gasteiger partial charge in [-0.15, -0.1) is 11.3 Å². The summed E-state index contributed by atoms with van der Waals surface area (Å²) in [4.78, 5) is 30.4. The molecular weight excluding hydrogens is 442 g/mol. The number of hydrogen-bond acceptors (Lipinski definition) is 4. The minimum absolute atomic E-state index is 0.176. The fourth-order valence-electron chi connectivity index (χ4n) is 3.99. The third kappa shape index (κ3) is 5.07. The first kappa shape index (κ1) is 23.8. The molecule has 4 rings (SSSR count). The Bertz CT molecular complexity index is 1070. The van der Waals surface area contributed by atoms with Crippen molar-refractivity contribution in [3.8, 4) is 0 Å². The van der Waals surface area contributed by atoms with Gasteiger partial charge in [0.1, 0.15) is 5.57 Å².